The minimum absolute atomic E-state index is 0.189. The van der Waals surface area contributed by atoms with Gasteiger partial charge >= 0.3 is 0 Å². The molecule has 3 nitrogen and oxygen atoms in total. The molecule has 0 aromatic carbocycles. The van der Waals surface area contributed by atoms with Gasteiger partial charge in [-0.05, 0) is 30.7 Å². The zero-order valence-electron chi connectivity index (χ0n) is 8.22. The number of hydrogen-bond acceptors (Lipinski definition) is 2. The lowest BCUT2D eigenvalue weighted by molar-refractivity contribution is 0.717. The van der Waals surface area contributed by atoms with E-state index in [0.29, 0.717) is 0 Å². The van der Waals surface area contributed by atoms with Crippen molar-refractivity contribution in [1.29, 1.82) is 0 Å². The summed E-state index contributed by atoms with van der Waals surface area (Å²) >= 11 is 0. The first-order valence-corrected chi connectivity index (χ1v) is 5.06. The summed E-state index contributed by atoms with van der Waals surface area (Å²) in [6, 6.07) is 6.28. The fourth-order valence-electron chi connectivity index (χ4n) is 1.82. The molecule has 3 heteroatoms. The summed E-state index contributed by atoms with van der Waals surface area (Å²) < 4.78 is 0. The van der Waals surface area contributed by atoms with Crippen LogP contribution in [0.4, 0.5) is 0 Å². The third-order valence-corrected chi connectivity index (χ3v) is 2.62. The number of aromatic amines is 1. The van der Waals surface area contributed by atoms with Gasteiger partial charge in [-0.1, -0.05) is 6.08 Å². The normalized spacial score (nSPS) is 19.9. The Morgan fingerprint density at radius 1 is 1.27 bits per heavy atom. The highest BCUT2D eigenvalue weighted by Crippen LogP contribution is 2.23. The van der Waals surface area contributed by atoms with Gasteiger partial charge in [0.2, 0.25) is 0 Å². The van der Waals surface area contributed by atoms with Crippen molar-refractivity contribution >= 4 is 17.2 Å². The van der Waals surface area contributed by atoms with Crippen LogP contribution in [0.25, 0.3) is 11.0 Å². The second kappa shape index (κ2) is 3.35. The summed E-state index contributed by atoms with van der Waals surface area (Å²) in [5, 5.41) is 0. The maximum Gasteiger partial charge on any atom is 0.0954 e. The molecule has 0 fully saturated rings. The summed E-state index contributed by atoms with van der Waals surface area (Å²) in [5.74, 6) is 0. The predicted molar refractivity (Wildman–Crippen MR) is 61.1 cm³/mol. The van der Waals surface area contributed by atoms with Crippen molar-refractivity contribution in [2.45, 2.75) is 12.5 Å². The molecule has 1 atom stereocenters. The Labute approximate surface area is 87.6 Å². The zero-order valence-corrected chi connectivity index (χ0v) is 8.22. The summed E-state index contributed by atoms with van der Waals surface area (Å²) in [6.07, 6.45) is 8.80. The zero-order chi connectivity index (χ0) is 10.1. The largest absolute Gasteiger partial charge is 0.360 e. The van der Waals surface area contributed by atoms with Gasteiger partial charge in [0, 0.05) is 12.4 Å². The minimum Gasteiger partial charge on any atom is -0.360 e. The number of allylic oxidation sites excluding steroid dienone is 1. The Bertz CT molecular complexity index is 537. The van der Waals surface area contributed by atoms with Crippen LogP contribution in [0.3, 0.4) is 0 Å². The highest BCUT2D eigenvalue weighted by atomic mass is 14.9. The molecule has 15 heavy (non-hydrogen) atoms. The molecule has 0 saturated carbocycles. The average molecular weight is 197 g/mol. The van der Waals surface area contributed by atoms with Gasteiger partial charge in [-0.15, -0.1) is 0 Å². The molecule has 74 valence electrons. The molecule has 0 radical (unpaired) electrons. The molecule has 2 aromatic rings. The van der Waals surface area contributed by atoms with Gasteiger partial charge in [0.15, 0.2) is 0 Å². The van der Waals surface area contributed by atoms with E-state index in [4.69, 9.17) is 0 Å². The van der Waals surface area contributed by atoms with Crippen LogP contribution in [0.15, 0.2) is 41.5 Å². The van der Waals surface area contributed by atoms with E-state index in [1.165, 1.54) is 0 Å². The molecule has 1 unspecified atom stereocenters. The van der Waals surface area contributed by atoms with E-state index in [1.807, 2.05) is 30.6 Å². The fourth-order valence-corrected chi connectivity index (χ4v) is 1.82. The lowest BCUT2D eigenvalue weighted by Crippen LogP contribution is -2.00. The lowest BCUT2D eigenvalue weighted by Gasteiger charge is -2.11. The number of aromatic nitrogens is 2. The van der Waals surface area contributed by atoms with E-state index >= 15 is 0 Å². The SMILES string of the molecule is C1=CCC(c2ccc3[nH]ccc3n2)N=C1. The smallest absolute Gasteiger partial charge is 0.0954 e. The monoisotopic (exact) mass is 197 g/mol. The van der Waals surface area contributed by atoms with Crippen molar-refractivity contribution in [3.05, 3.63) is 42.2 Å². The van der Waals surface area contributed by atoms with Gasteiger partial charge in [0.1, 0.15) is 0 Å². The van der Waals surface area contributed by atoms with Crippen molar-refractivity contribution in [2.24, 2.45) is 4.99 Å². The second-order valence-electron chi connectivity index (χ2n) is 3.62. The number of nitrogens with one attached hydrogen (secondary N) is 1. The van der Waals surface area contributed by atoms with Gasteiger partial charge in [0.05, 0.1) is 22.8 Å². The number of aliphatic imine (C=N–C) groups is 1. The van der Waals surface area contributed by atoms with Crippen LogP contribution in [-0.4, -0.2) is 16.2 Å². The van der Waals surface area contributed by atoms with Gasteiger partial charge in [-0.2, -0.15) is 0 Å². The van der Waals surface area contributed by atoms with E-state index in [1.54, 1.807) is 0 Å². The van der Waals surface area contributed by atoms with Crippen LogP contribution in [0, 0.1) is 0 Å². The van der Waals surface area contributed by atoms with Crippen molar-refractivity contribution in [1.82, 2.24) is 9.97 Å². The number of fused-ring (bicyclic) bond motifs is 1. The molecule has 1 aliphatic rings. The minimum atomic E-state index is 0.189. The van der Waals surface area contributed by atoms with Gasteiger partial charge in [-0.25, -0.2) is 4.98 Å². The molecule has 1 aliphatic heterocycles. The number of nitrogens with zero attached hydrogens (tertiary/aromatic N) is 2. The number of rotatable bonds is 1. The van der Waals surface area contributed by atoms with Crippen molar-refractivity contribution < 1.29 is 0 Å². The summed E-state index contributed by atoms with van der Waals surface area (Å²) in [7, 11) is 0. The highest BCUT2D eigenvalue weighted by Gasteiger charge is 2.11. The van der Waals surface area contributed by atoms with Crippen LogP contribution < -0.4 is 0 Å². The second-order valence-corrected chi connectivity index (χ2v) is 3.62. The van der Waals surface area contributed by atoms with Gasteiger partial charge < -0.3 is 4.98 Å². The summed E-state index contributed by atoms with van der Waals surface area (Å²) in [6.45, 7) is 0. The third kappa shape index (κ3) is 1.46. The first-order valence-electron chi connectivity index (χ1n) is 5.06. The average Bonchev–Trinajstić information content (AvgIpc) is 2.77. The quantitative estimate of drug-likeness (QED) is 0.750. The molecule has 0 saturated heterocycles. The van der Waals surface area contributed by atoms with Crippen molar-refractivity contribution in [3.63, 3.8) is 0 Å². The van der Waals surface area contributed by atoms with Crippen molar-refractivity contribution in [3.8, 4) is 0 Å². The topological polar surface area (TPSA) is 41.0 Å². The Balaban J connectivity index is 2.03. The summed E-state index contributed by atoms with van der Waals surface area (Å²) in [4.78, 5) is 12.1. The first kappa shape index (κ1) is 8.41. The van der Waals surface area contributed by atoms with Crippen LogP contribution in [0.5, 0.6) is 0 Å². The van der Waals surface area contributed by atoms with Gasteiger partial charge in [-0.3, -0.25) is 4.99 Å². The van der Waals surface area contributed by atoms with E-state index in [-0.39, 0.29) is 6.04 Å². The standard InChI is InChI=1S/C12H11N3/c1-2-7-13-9(3-1)11-5-4-10-12(15-11)6-8-14-10/h1-2,4-9,14H,3H2. The number of H-pyrrole nitrogens is 1. The number of pyridine rings is 1. The highest BCUT2D eigenvalue weighted by molar-refractivity contribution is 5.75. The Morgan fingerprint density at radius 2 is 2.27 bits per heavy atom. The molecule has 0 aliphatic carbocycles. The predicted octanol–water partition coefficient (Wildman–Crippen LogP) is 2.63. The van der Waals surface area contributed by atoms with E-state index < -0.39 is 0 Å². The lowest BCUT2D eigenvalue weighted by atomic mass is 10.1. The Kier molecular flexibility index (Phi) is 1.88. The molecule has 2 aromatic heterocycles. The van der Waals surface area contributed by atoms with E-state index in [2.05, 4.69) is 27.1 Å². The first-order chi connectivity index (χ1) is 7.43. The molecule has 0 amide bonds. The molecule has 0 spiro atoms. The third-order valence-electron chi connectivity index (χ3n) is 2.62. The summed E-state index contributed by atoms with van der Waals surface area (Å²) in [5.41, 5.74) is 3.13. The molecule has 3 heterocycles. The van der Waals surface area contributed by atoms with Gasteiger partial charge in [0.25, 0.3) is 0 Å². The van der Waals surface area contributed by atoms with Crippen LogP contribution in [0.1, 0.15) is 18.2 Å². The van der Waals surface area contributed by atoms with Crippen LogP contribution in [-0.2, 0) is 0 Å². The Morgan fingerprint density at radius 3 is 3.13 bits per heavy atom. The molecular weight excluding hydrogens is 186 g/mol. The molecule has 3 rings (SSSR count). The number of hydrogen-bond donors (Lipinski definition) is 1. The fraction of sp³-hybridized carbons (Fsp3) is 0.167. The van der Waals surface area contributed by atoms with Crippen LogP contribution >= 0.6 is 0 Å². The van der Waals surface area contributed by atoms with Crippen LogP contribution in [0.2, 0.25) is 0 Å². The maximum atomic E-state index is 4.58. The molecule has 1 N–H and O–H groups in total. The van der Waals surface area contributed by atoms with E-state index in [9.17, 15) is 0 Å². The molecule has 0 bridgehead atoms. The Hall–Kier alpha value is -1.90. The molecular formula is C12H11N3. The number of dihydropyridines is 1. The van der Waals surface area contributed by atoms with E-state index in [0.717, 1.165) is 23.1 Å². The van der Waals surface area contributed by atoms with Crippen molar-refractivity contribution in [2.75, 3.05) is 0 Å². The maximum absolute atomic E-state index is 4.58.